The Balaban J connectivity index is 1.76. The number of carbonyl (C=O) groups is 4. The summed E-state index contributed by atoms with van der Waals surface area (Å²) in [6, 6.07) is 8.92. The molecular formula is C20H18N2O8. The van der Waals surface area contributed by atoms with Crippen LogP contribution in [0.3, 0.4) is 0 Å². The summed E-state index contributed by atoms with van der Waals surface area (Å²) in [5.74, 6) is -1.27. The second kappa shape index (κ2) is 8.95. The monoisotopic (exact) mass is 414 g/mol. The van der Waals surface area contributed by atoms with Gasteiger partial charge in [0.05, 0.1) is 20.8 Å². The Morgan fingerprint density at radius 1 is 1.10 bits per heavy atom. The summed E-state index contributed by atoms with van der Waals surface area (Å²) in [6.45, 7) is -0.469. The average molecular weight is 414 g/mol. The molecule has 0 saturated carbocycles. The van der Waals surface area contributed by atoms with Crippen LogP contribution in [-0.4, -0.2) is 49.6 Å². The number of methoxy groups -OCH3 is 2. The molecule has 1 aliphatic heterocycles. The molecule has 1 N–H and O–H groups in total. The Morgan fingerprint density at radius 2 is 1.87 bits per heavy atom. The van der Waals surface area contributed by atoms with Gasteiger partial charge in [0, 0.05) is 5.56 Å². The van der Waals surface area contributed by atoms with E-state index < -0.39 is 23.9 Å². The predicted molar refractivity (Wildman–Crippen MR) is 101 cm³/mol. The average Bonchev–Trinajstić information content (AvgIpc) is 3.32. The number of imide groups is 1. The summed E-state index contributed by atoms with van der Waals surface area (Å²) >= 11 is 0. The van der Waals surface area contributed by atoms with Gasteiger partial charge in [0.15, 0.2) is 6.61 Å². The predicted octanol–water partition coefficient (Wildman–Crippen LogP) is 1.71. The van der Waals surface area contributed by atoms with Gasteiger partial charge >= 0.3 is 18.0 Å². The zero-order chi connectivity index (χ0) is 21.7. The summed E-state index contributed by atoms with van der Waals surface area (Å²) < 4.78 is 19.8. The molecule has 30 heavy (non-hydrogen) atoms. The standard InChI is InChI=1S/C20H18N2O8/c1-27-17(23)11-29-15-6-4-3-5-12(15)9-14-18(24)22(20(26)21-14)10-13-7-8-16(30-13)19(25)28-2/h3-9H,10-11H2,1-2H3,(H,21,26). The number of para-hydroxylation sites is 1. The topological polar surface area (TPSA) is 124 Å². The highest BCUT2D eigenvalue weighted by Gasteiger charge is 2.34. The number of ether oxygens (including phenoxy) is 3. The minimum absolute atomic E-state index is 0.0221. The second-order valence-electron chi connectivity index (χ2n) is 6.04. The van der Waals surface area contributed by atoms with Crippen molar-refractivity contribution in [2.75, 3.05) is 20.8 Å². The number of hydrogen-bond acceptors (Lipinski definition) is 8. The molecule has 1 saturated heterocycles. The van der Waals surface area contributed by atoms with Gasteiger partial charge < -0.3 is 23.9 Å². The van der Waals surface area contributed by atoms with E-state index in [-0.39, 0.29) is 30.4 Å². The zero-order valence-electron chi connectivity index (χ0n) is 16.2. The molecule has 1 aromatic carbocycles. The molecule has 2 heterocycles. The fourth-order valence-corrected chi connectivity index (χ4v) is 2.63. The molecule has 10 heteroatoms. The van der Waals surface area contributed by atoms with Gasteiger partial charge in [-0.2, -0.15) is 0 Å². The zero-order valence-corrected chi connectivity index (χ0v) is 16.2. The van der Waals surface area contributed by atoms with E-state index in [1.807, 2.05) is 0 Å². The maximum absolute atomic E-state index is 12.7. The first-order valence-corrected chi connectivity index (χ1v) is 8.73. The molecule has 0 spiro atoms. The SMILES string of the molecule is COC(=O)COc1ccccc1C=C1NC(=O)N(Cc2ccc(C(=O)OC)o2)C1=O. The third-order valence-electron chi connectivity index (χ3n) is 4.12. The molecule has 0 aliphatic carbocycles. The lowest BCUT2D eigenvalue weighted by Gasteiger charge is -2.09. The third kappa shape index (κ3) is 4.49. The van der Waals surface area contributed by atoms with Gasteiger partial charge in [-0.25, -0.2) is 14.4 Å². The molecular weight excluding hydrogens is 396 g/mol. The van der Waals surface area contributed by atoms with Crippen molar-refractivity contribution in [3.05, 3.63) is 59.2 Å². The van der Waals surface area contributed by atoms with E-state index in [4.69, 9.17) is 9.15 Å². The number of nitrogens with one attached hydrogen (secondary N) is 1. The summed E-state index contributed by atoms with van der Waals surface area (Å²) in [5, 5.41) is 2.48. The van der Waals surface area contributed by atoms with E-state index >= 15 is 0 Å². The number of rotatable bonds is 7. The van der Waals surface area contributed by atoms with E-state index in [2.05, 4.69) is 14.8 Å². The normalized spacial score (nSPS) is 14.6. The van der Waals surface area contributed by atoms with Crippen LogP contribution in [0.5, 0.6) is 5.75 Å². The first-order chi connectivity index (χ1) is 14.4. The molecule has 2 aromatic rings. The van der Waals surface area contributed by atoms with Gasteiger partial charge in [-0.05, 0) is 24.3 Å². The van der Waals surface area contributed by atoms with Crippen molar-refractivity contribution in [1.82, 2.24) is 10.2 Å². The van der Waals surface area contributed by atoms with Gasteiger partial charge in [0.25, 0.3) is 5.91 Å². The molecule has 3 amide bonds. The Bertz CT molecular complexity index is 1020. The lowest BCUT2D eigenvalue weighted by atomic mass is 10.1. The number of benzene rings is 1. The minimum Gasteiger partial charge on any atom is -0.481 e. The largest absolute Gasteiger partial charge is 0.481 e. The molecule has 0 atom stereocenters. The summed E-state index contributed by atoms with van der Waals surface area (Å²) in [5.41, 5.74) is 0.506. The Labute approximate surface area is 171 Å². The van der Waals surface area contributed by atoms with Crippen LogP contribution in [0, 0.1) is 0 Å². The van der Waals surface area contributed by atoms with Crippen LogP contribution in [0.2, 0.25) is 0 Å². The molecule has 1 aliphatic rings. The lowest BCUT2D eigenvalue weighted by Crippen LogP contribution is -2.30. The van der Waals surface area contributed by atoms with E-state index in [1.54, 1.807) is 24.3 Å². The molecule has 1 aromatic heterocycles. The molecule has 156 valence electrons. The number of carbonyl (C=O) groups excluding carboxylic acids is 4. The second-order valence-corrected chi connectivity index (χ2v) is 6.04. The number of hydrogen-bond donors (Lipinski definition) is 1. The van der Waals surface area contributed by atoms with Crippen molar-refractivity contribution in [2.45, 2.75) is 6.54 Å². The Hall–Kier alpha value is -4.08. The number of furan rings is 1. The fourth-order valence-electron chi connectivity index (χ4n) is 2.63. The first-order valence-electron chi connectivity index (χ1n) is 8.73. The first kappa shape index (κ1) is 20.6. The van der Waals surface area contributed by atoms with Crippen LogP contribution in [0.4, 0.5) is 4.79 Å². The van der Waals surface area contributed by atoms with Gasteiger partial charge in [-0.15, -0.1) is 0 Å². The van der Waals surface area contributed by atoms with E-state index in [0.717, 1.165) is 4.90 Å². The molecule has 0 bridgehead atoms. The smallest absolute Gasteiger partial charge is 0.373 e. The van der Waals surface area contributed by atoms with Gasteiger partial charge in [-0.1, -0.05) is 18.2 Å². The van der Waals surface area contributed by atoms with Crippen molar-refractivity contribution >= 4 is 30.0 Å². The number of urea groups is 1. The summed E-state index contributed by atoms with van der Waals surface area (Å²) in [6.07, 6.45) is 1.44. The Morgan fingerprint density at radius 3 is 2.60 bits per heavy atom. The maximum atomic E-state index is 12.7. The highest BCUT2D eigenvalue weighted by molar-refractivity contribution is 6.14. The quantitative estimate of drug-likeness (QED) is 0.412. The summed E-state index contributed by atoms with van der Waals surface area (Å²) in [7, 11) is 2.46. The van der Waals surface area contributed by atoms with Crippen LogP contribution in [0.1, 0.15) is 21.9 Å². The minimum atomic E-state index is -0.664. The fraction of sp³-hybridized carbons (Fsp3) is 0.200. The van der Waals surface area contributed by atoms with Crippen molar-refractivity contribution in [1.29, 1.82) is 0 Å². The Kier molecular flexibility index (Phi) is 6.16. The highest BCUT2D eigenvalue weighted by Crippen LogP contribution is 2.24. The van der Waals surface area contributed by atoms with Crippen LogP contribution in [0.25, 0.3) is 6.08 Å². The van der Waals surface area contributed by atoms with Crippen molar-refractivity contribution in [2.24, 2.45) is 0 Å². The summed E-state index contributed by atoms with van der Waals surface area (Å²) in [4.78, 5) is 48.6. The molecule has 0 unspecified atom stereocenters. The maximum Gasteiger partial charge on any atom is 0.373 e. The molecule has 10 nitrogen and oxygen atoms in total. The molecule has 3 rings (SSSR count). The third-order valence-corrected chi connectivity index (χ3v) is 4.12. The number of esters is 2. The van der Waals surface area contributed by atoms with Crippen molar-refractivity contribution < 1.29 is 37.8 Å². The van der Waals surface area contributed by atoms with Crippen LogP contribution in [0.15, 0.2) is 46.5 Å². The van der Waals surface area contributed by atoms with E-state index in [9.17, 15) is 19.2 Å². The van der Waals surface area contributed by atoms with Gasteiger partial charge in [0.1, 0.15) is 17.2 Å². The van der Waals surface area contributed by atoms with E-state index in [0.29, 0.717) is 11.3 Å². The number of amides is 3. The van der Waals surface area contributed by atoms with E-state index in [1.165, 1.54) is 32.4 Å². The van der Waals surface area contributed by atoms with Crippen LogP contribution < -0.4 is 10.1 Å². The van der Waals surface area contributed by atoms with Crippen molar-refractivity contribution in [3.63, 3.8) is 0 Å². The van der Waals surface area contributed by atoms with Gasteiger partial charge in [-0.3, -0.25) is 9.69 Å². The van der Waals surface area contributed by atoms with Crippen molar-refractivity contribution in [3.8, 4) is 5.75 Å². The van der Waals surface area contributed by atoms with Gasteiger partial charge in [0.2, 0.25) is 5.76 Å². The molecule has 0 radical (unpaired) electrons. The molecule has 1 fully saturated rings. The number of nitrogens with zero attached hydrogens (tertiary/aromatic N) is 1. The highest BCUT2D eigenvalue weighted by atomic mass is 16.6. The van der Waals surface area contributed by atoms with Crippen LogP contribution in [-0.2, 0) is 25.6 Å². The van der Waals surface area contributed by atoms with Crippen LogP contribution >= 0.6 is 0 Å². The lowest BCUT2D eigenvalue weighted by molar-refractivity contribution is -0.142.